The first-order valence-corrected chi connectivity index (χ1v) is 8.88. The summed E-state index contributed by atoms with van der Waals surface area (Å²) in [6.45, 7) is 5.77. The van der Waals surface area contributed by atoms with Crippen molar-refractivity contribution in [3.63, 3.8) is 0 Å². The normalized spacial score (nSPS) is 21.3. The number of nitrogens with zero attached hydrogens (tertiary/aromatic N) is 5. The van der Waals surface area contributed by atoms with Crippen molar-refractivity contribution in [1.29, 1.82) is 0 Å². The molecule has 1 aliphatic carbocycles. The van der Waals surface area contributed by atoms with E-state index < -0.39 is 0 Å². The molecule has 128 valence electrons. The number of carbonyl (C=O) groups is 1. The largest absolute Gasteiger partial charge is 0.345 e. The lowest BCUT2D eigenvalue weighted by Gasteiger charge is -2.32. The van der Waals surface area contributed by atoms with Crippen molar-refractivity contribution >= 4 is 5.91 Å². The Bertz CT molecular complexity index is 770. The molecule has 1 amide bonds. The van der Waals surface area contributed by atoms with E-state index in [-0.39, 0.29) is 11.8 Å². The molecular weight excluding hydrogens is 302 g/mol. The van der Waals surface area contributed by atoms with E-state index in [1.807, 2.05) is 16.5 Å². The third-order valence-electron chi connectivity index (χ3n) is 5.45. The molecule has 1 aliphatic heterocycles. The van der Waals surface area contributed by atoms with Crippen LogP contribution in [-0.2, 0) is 7.05 Å². The highest BCUT2D eigenvalue weighted by Gasteiger charge is 2.32. The number of likely N-dealkylation sites (tertiary alicyclic amines) is 1. The molecule has 4 rings (SSSR count). The Morgan fingerprint density at radius 1 is 1.25 bits per heavy atom. The minimum absolute atomic E-state index is 0.168. The zero-order chi connectivity index (χ0) is 16.8. The molecule has 1 unspecified atom stereocenters. The number of aryl methyl sites for hydroxylation is 2. The van der Waals surface area contributed by atoms with Crippen LogP contribution in [0.25, 0.3) is 0 Å². The molecule has 0 radical (unpaired) electrons. The second-order valence-electron chi connectivity index (χ2n) is 7.28. The van der Waals surface area contributed by atoms with E-state index in [0.29, 0.717) is 6.04 Å². The molecule has 0 N–H and O–H groups in total. The molecular formula is C18H25N5O. The highest BCUT2D eigenvalue weighted by molar-refractivity contribution is 5.95. The van der Waals surface area contributed by atoms with Gasteiger partial charge in [-0.25, -0.2) is 0 Å². The predicted molar refractivity (Wildman–Crippen MR) is 91.1 cm³/mol. The standard InChI is InChI=1S/C18H25N5O/c1-12-9-16(13(2)23(12)15-6-7-15)18(24)22-8-4-5-14(10-22)17-20-19-11-21(17)3/h9,11,14-15H,4-8,10H2,1-3H3. The summed E-state index contributed by atoms with van der Waals surface area (Å²) in [5.74, 6) is 1.43. The van der Waals surface area contributed by atoms with Crippen molar-refractivity contribution in [3.05, 3.63) is 35.2 Å². The van der Waals surface area contributed by atoms with E-state index in [1.165, 1.54) is 18.5 Å². The minimum Gasteiger partial charge on any atom is -0.345 e. The number of aromatic nitrogens is 4. The molecule has 0 bridgehead atoms. The summed E-state index contributed by atoms with van der Waals surface area (Å²) in [4.78, 5) is 15.1. The number of hydrogen-bond acceptors (Lipinski definition) is 3. The predicted octanol–water partition coefficient (Wildman–Crippen LogP) is 2.59. The second-order valence-corrected chi connectivity index (χ2v) is 7.28. The fourth-order valence-corrected chi connectivity index (χ4v) is 4.09. The molecule has 2 aromatic heterocycles. The molecule has 6 heteroatoms. The van der Waals surface area contributed by atoms with Gasteiger partial charge in [0.15, 0.2) is 0 Å². The van der Waals surface area contributed by atoms with Crippen LogP contribution < -0.4 is 0 Å². The van der Waals surface area contributed by atoms with Crippen molar-refractivity contribution in [2.24, 2.45) is 7.05 Å². The quantitative estimate of drug-likeness (QED) is 0.871. The Hall–Kier alpha value is -2.11. The number of piperidine rings is 1. The number of rotatable bonds is 3. The monoisotopic (exact) mass is 327 g/mol. The van der Waals surface area contributed by atoms with Gasteiger partial charge in [0.05, 0.1) is 5.56 Å². The molecule has 2 aromatic rings. The maximum atomic E-state index is 13.1. The topological polar surface area (TPSA) is 56.0 Å². The average Bonchev–Trinajstić information content (AvgIpc) is 3.24. The zero-order valence-electron chi connectivity index (χ0n) is 14.7. The highest BCUT2D eigenvalue weighted by Crippen LogP contribution is 2.38. The van der Waals surface area contributed by atoms with Crippen molar-refractivity contribution in [3.8, 4) is 0 Å². The van der Waals surface area contributed by atoms with Crippen molar-refractivity contribution in [1.82, 2.24) is 24.2 Å². The van der Waals surface area contributed by atoms with Gasteiger partial charge in [-0.15, -0.1) is 10.2 Å². The van der Waals surface area contributed by atoms with Crippen LogP contribution in [0.2, 0.25) is 0 Å². The highest BCUT2D eigenvalue weighted by atomic mass is 16.2. The first kappa shape index (κ1) is 15.4. The average molecular weight is 327 g/mol. The van der Waals surface area contributed by atoms with Gasteiger partial charge < -0.3 is 14.0 Å². The Labute approximate surface area is 142 Å². The van der Waals surface area contributed by atoms with Crippen molar-refractivity contribution in [2.75, 3.05) is 13.1 Å². The summed E-state index contributed by atoms with van der Waals surface area (Å²) in [7, 11) is 1.97. The summed E-state index contributed by atoms with van der Waals surface area (Å²) in [6.07, 6.45) is 6.30. The van der Waals surface area contributed by atoms with Gasteiger partial charge in [0.2, 0.25) is 0 Å². The summed E-state index contributed by atoms with van der Waals surface area (Å²) in [6, 6.07) is 2.68. The minimum atomic E-state index is 0.168. The lowest BCUT2D eigenvalue weighted by Crippen LogP contribution is -2.39. The van der Waals surface area contributed by atoms with E-state index in [2.05, 4.69) is 34.7 Å². The molecule has 1 saturated carbocycles. The van der Waals surface area contributed by atoms with Crippen molar-refractivity contribution < 1.29 is 4.79 Å². The van der Waals surface area contributed by atoms with E-state index in [0.717, 1.165) is 43.0 Å². The SMILES string of the molecule is Cc1cc(C(=O)N2CCCC(c3nncn3C)C2)c(C)n1C1CC1. The molecule has 6 nitrogen and oxygen atoms in total. The third-order valence-corrected chi connectivity index (χ3v) is 5.45. The van der Waals surface area contributed by atoms with Crippen LogP contribution in [0.4, 0.5) is 0 Å². The van der Waals surface area contributed by atoms with Gasteiger partial charge in [0.1, 0.15) is 12.2 Å². The molecule has 3 heterocycles. The van der Waals surface area contributed by atoms with Gasteiger partial charge in [-0.1, -0.05) is 0 Å². The van der Waals surface area contributed by atoms with Crippen LogP contribution in [0.5, 0.6) is 0 Å². The molecule has 1 atom stereocenters. The van der Waals surface area contributed by atoms with Crippen LogP contribution in [0.3, 0.4) is 0 Å². The molecule has 0 spiro atoms. The maximum Gasteiger partial charge on any atom is 0.255 e. The molecule has 24 heavy (non-hydrogen) atoms. The Morgan fingerprint density at radius 2 is 2.04 bits per heavy atom. The van der Waals surface area contributed by atoms with E-state index in [1.54, 1.807) is 6.33 Å². The van der Waals surface area contributed by atoms with Crippen LogP contribution in [-0.4, -0.2) is 43.2 Å². The number of amides is 1. The van der Waals surface area contributed by atoms with Gasteiger partial charge in [-0.2, -0.15) is 0 Å². The van der Waals surface area contributed by atoms with Crippen LogP contribution in [0, 0.1) is 13.8 Å². The third kappa shape index (κ3) is 2.54. The van der Waals surface area contributed by atoms with E-state index in [4.69, 9.17) is 0 Å². The smallest absolute Gasteiger partial charge is 0.255 e. The first-order valence-electron chi connectivity index (χ1n) is 8.88. The fraction of sp³-hybridized carbons (Fsp3) is 0.611. The lowest BCUT2D eigenvalue weighted by atomic mass is 9.96. The lowest BCUT2D eigenvalue weighted by molar-refractivity contribution is 0.0702. The van der Waals surface area contributed by atoms with E-state index >= 15 is 0 Å². The van der Waals surface area contributed by atoms with Crippen LogP contribution in [0.1, 0.15) is 65.2 Å². The van der Waals surface area contributed by atoms with Crippen molar-refractivity contribution in [2.45, 2.75) is 51.5 Å². The summed E-state index contributed by atoms with van der Waals surface area (Å²) in [5.41, 5.74) is 3.21. The Kier molecular flexibility index (Phi) is 3.70. The summed E-state index contributed by atoms with van der Waals surface area (Å²) >= 11 is 0. The Balaban J connectivity index is 1.56. The molecule has 2 aliphatic rings. The molecule has 1 saturated heterocycles. The summed E-state index contributed by atoms with van der Waals surface area (Å²) in [5, 5.41) is 8.23. The van der Waals surface area contributed by atoms with Gasteiger partial charge in [0.25, 0.3) is 5.91 Å². The van der Waals surface area contributed by atoms with Crippen LogP contribution in [0.15, 0.2) is 12.4 Å². The first-order chi connectivity index (χ1) is 11.6. The zero-order valence-corrected chi connectivity index (χ0v) is 14.7. The van der Waals surface area contributed by atoms with E-state index in [9.17, 15) is 4.79 Å². The Morgan fingerprint density at radius 3 is 2.71 bits per heavy atom. The summed E-state index contributed by atoms with van der Waals surface area (Å²) < 4.78 is 4.31. The fourth-order valence-electron chi connectivity index (χ4n) is 4.09. The number of hydrogen-bond donors (Lipinski definition) is 0. The van der Waals surface area contributed by atoms with Gasteiger partial charge >= 0.3 is 0 Å². The maximum absolute atomic E-state index is 13.1. The van der Waals surface area contributed by atoms with Gasteiger partial charge in [-0.3, -0.25) is 4.79 Å². The second kappa shape index (κ2) is 5.76. The number of carbonyl (C=O) groups excluding carboxylic acids is 1. The van der Waals surface area contributed by atoms with Gasteiger partial charge in [-0.05, 0) is 45.6 Å². The molecule has 0 aromatic carbocycles. The van der Waals surface area contributed by atoms with Crippen LogP contribution >= 0.6 is 0 Å². The molecule has 2 fully saturated rings. The van der Waals surface area contributed by atoms with Gasteiger partial charge in [0, 0.05) is 43.5 Å².